The normalized spacial score (nSPS) is 14.3. The van der Waals surface area contributed by atoms with E-state index in [1.54, 1.807) is 36.4 Å². The molecule has 3 aromatic carbocycles. The van der Waals surface area contributed by atoms with Crippen LogP contribution in [-0.2, 0) is 12.7 Å². The van der Waals surface area contributed by atoms with E-state index in [-0.39, 0.29) is 18.3 Å². The molecule has 39 heavy (non-hydrogen) atoms. The number of halogens is 3. The molecule has 10 heteroatoms. The molecule has 1 saturated carbocycles. The van der Waals surface area contributed by atoms with Crippen molar-refractivity contribution in [1.82, 2.24) is 15.1 Å². The second kappa shape index (κ2) is 10.9. The maximum atomic E-state index is 13.6. The fraction of sp³-hybridized carbons (Fsp3) is 0.241. The lowest BCUT2D eigenvalue weighted by atomic mass is 9.97. The van der Waals surface area contributed by atoms with Crippen molar-refractivity contribution in [3.63, 3.8) is 0 Å². The molecular formula is C29H29F3N6O. The zero-order valence-electron chi connectivity index (χ0n) is 21.1. The van der Waals surface area contributed by atoms with Crippen molar-refractivity contribution in [1.29, 1.82) is 0 Å². The third-order valence-electron chi connectivity index (χ3n) is 6.65. The Morgan fingerprint density at radius 1 is 1.00 bits per heavy atom. The number of rotatable bonds is 9. The summed E-state index contributed by atoms with van der Waals surface area (Å²) in [5.74, 6) is -0.0860. The van der Waals surface area contributed by atoms with Crippen molar-refractivity contribution >= 4 is 17.3 Å². The number of nitrogens with two attached hydrogens (primary N) is 2. The molecule has 1 heterocycles. The number of alkyl halides is 3. The van der Waals surface area contributed by atoms with Crippen molar-refractivity contribution < 1.29 is 18.0 Å². The van der Waals surface area contributed by atoms with Crippen LogP contribution in [0.1, 0.15) is 51.8 Å². The first-order chi connectivity index (χ1) is 18.7. The second-order valence-electron chi connectivity index (χ2n) is 9.73. The number of benzene rings is 3. The third kappa shape index (κ3) is 6.30. The van der Waals surface area contributed by atoms with Crippen LogP contribution in [0, 0.1) is 5.92 Å². The molecule has 4 aromatic rings. The second-order valence-corrected chi connectivity index (χ2v) is 9.73. The SMILES string of the molecule is NCc1cccc(-n2nc(C(F)(F)F)cc2C(=O)Nc2cccc(C(NCC3CC3)c3cccc(N)c3)c2)c1. The minimum absolute atomic E-state index is 0.174. The molecule has 0 radical (unpaired) electrons. The standard InChI is InChI=1S/C29H29F3N6O/c30-29(31,32)26-15-25(38(37-26)24-9-1-4-19(12-24)16-33)28(39)36-23-8-3-6-21(14-23)27(35-17-18-10-11-18)20-5-2-7-22(34)13-20/h1-9,12-15,18,27,35H,10-11,16-17,33-34H2,(H,36,39). The van der Waals surface area contributed by atoms with Crippen LogP contribution in [0.3, 0.4) is 0 Å². The summed E-state index contributed by atoms with van der Waals surface area (Å²) in [6.45, 7) is 1.04. The van der Waals surface area contributed by atoms with Crippen LogP contribution in [0.2, 0.25) is 0 Å². The highest BCUT2D eigenvalue weighted by atomic mass is 19.4. The highest BCUT2D eigenvalue weighted by Crippen LogP contribution is 2.32. The van der Waals surface area contributed by atoms with Gasteiger partial charge in [-0.2, -0.15) is 18.3 Å². The van der Waals surface area contributed by atoms with E-state index in [1.165, 1.54) is 12.8 Å². The van der Waals surface area contributed by atoms with Gasteiger partial charge in [0.2, 0.25) is 0 Å². The van der Waals surface area contributed by atoms with Crippen molar-refractivity contribution in [2.24, 2.45) is 11.7 Å². The van der Waals surface area contributed by atoms with E-state index in [4.69, 9.17) is 11.5 Å². The summed E-state index contributed by atoms with van der Waals surface area (Å²) in [6, 6.07) is 22.0. The molecule has 0 bridgehead atoms. The topological polar surface area (TPSA) is 111 Å². The summed E-state index contributed by atoms with van der Waals surface area (Å²) in [6.07, 6.45) is -2.34. The number of anilines is 2. The average Bonchev–Trinajstić information content (AvgIpc) is 3.62. The number of aromatic nitrogens is 2. The first kappa shape index (κ1) is 26.5. The van der Waals surface area contributed by atoms with Crippen LogP contribution in [-0.4, -0.2) is 22.2 Å². The van der Waals surface area contributed by atoms with Crippen LogP contribution in [0.25, 0.3) is 5.69 Å². The average molecular weight is 535 g/mol. The Morgan fingerprint density at radius 3 is 2.41 bits per heavy atom. The van der Waals surface area contributed by atoms with Crippen LogP contribution >= 0.6 is 0 Å². The van der Waals surface area contributed by atoms with Gasteiger partial charge in [0.15, 0.2) is 5.69 Å². The summed E-state index contributed by atoms with van der Waals surface area (Å²) in [5, 5.41) is 10.0. The molecule has 1 atom stereocenters. The maximum Gasteiger partial charge on any atom is 0.435 e. The highest BCUT2D eigenvalue weighted by molar-refractivity contribution is 6.03. The minimum Gasteiger partial charge on any atom is -0.399 e. The predicted molar refractivity (Wildman–Crippen MR) is 144 cm³/mol. The Balaban J connectivity index is 1.45. The lowest BCUT2D eigenvalue weighted by molar-refractivity contribution is -0.141. The Hall–Kier alpha value is -4.15. The Kier molecular flexibility index (Phi) is 7.40. The van der Waals surface area contributed by atoms with Gasteiger partial charge in [-0.1, -0.05) is 36.4 Å². The Morgan fingerprint density at radius 2 is 1.72 bits per heavy atom. The molecule has 1 aromatic heterocycles. The lowest BCUT2D eigenvalue weighted by Gasteiger charge is -2.21. The number of nitrogen functional groups attached to an aromatic ring is 1. The molecule has 5 rings (SSSR count). The van der Waals surface area contributed by atoms with Gasteiger partial charge in [-0.05, 0) is 78.4 Å². The van der Waals surface area contributed by atoms with Crippen LogP contribution in [0.4, 0.5) is 24.5 Å². The van der Waals surface area contributed by atoms with Crippen molar-refractivity contribution in [3.8, 4) is 5.69 Å². The van der Waals surface area contributed by atoms with Gasteiger partial charge < -0.3 is 22.1 Å². The quantitative estimate of drug-likeness (QED) is 0.219. The minimum atomic E-state index is -4.72. The van der Waals surface area contributed by atoms with Gasteiger partial charge in [-0.3, -0.25) is 4.79 Å². The van der Waals surface area contributed by atoms with Crippen molar-refractivity contribution in [3.05, 3.63) is 107 Å². The van der Waals surface area contributed by atoms with E-state index < -0.39 is 17.8 Å². The lowest BCUT2D eigenvalue weighted by Crippen LogP contribution is -2.25. The Labute approximate surface area is 224 Å². The number of nitrogens with zero attached hydrogens (tertiary/aromatic N) is 2. The molecule has 1 aliphatic carbocycles. The van der Waals surface area contributed by atoms with E-state index in [0.717, 1.165) is 28.4 Å². The molecule has 1 fully saturated rings. The molecule has 0 spiro atoms. The summed E-state index contributed by atoms with van der Waals surface area (Å²) in [7, 11) is 0. The largest absolute Gasteiger partial charge is 0.435 e. The fourth-order valence-electron chi connectivity index (χ4n) is 4.46. The summed E-state index contributed by atoms with van der Waals surface area (Å²) in [5.41, 5.74) is 14.3. The van der Waals surface area contributed by atoms with Gasteiger partial charge >= 0.3 is 6.18 Å². The van der Waals surface area contributed by atoms with E-state index in [2.05, 4.69) is 15.7 Å². The zero-order valence-corrected chi connectivity index (χ0v) is 21.1. The predicted octanol–water partition coefficient (Wildman–Crippen LogP) is 5.27. The molecule has 1 unspecified atom stereocenters. The van der Waals surface area contributed by atoms with Gasteiger partial charge in [0.1, 0.15) is 5.69 Å². The number of carbonyl (C=O) groups is 1. The van der Waals surface area contributed by atoms with E-state index in [0.29, 0.717) is 28.5 Å². The van der Waals surface area contributed by atoms with Crippen molar-refractivity contribution in [2.75, 3.05) is 17.6 Å². The summed E-state index contributed by atoms with van der Waals surface area (Å²) in [4.78, 5) is 13.3. The van der Waals surface area contributed by atoms with Gasteiger partial charge in [-0.15, -0.1) is 0 Å². The number of nitrogens with one attached hydrogen (secondary N) is 2. The van der Waals surface area contributed by atoms with Gasteiger partial charge in [-0.25, -0.2) is 4.68 Å². The molecular weight excluding hydrogens is 505 g/mol. The van der Waals surface area contributed by atoms with Crippen LogP contribution < -0.4 is 22.1 Å². The number of hydrogen-bond acceptors (Lipinski definition) is 5. The zero-order chi connectivity index (χ0) is 27.6. The summed E-state index contributed by atoms with van der Waals surface area (Å²) >= 11 is 0. The van der Waals surface area contributed by atoms with Crippen LogP contribution in [0.5, 0.6) is 0 Å². The van der Waals surface area contributed by atoms with Gasteiger partial charge in [0, 0.05) is 24.0 Å². The monoisotopic (exact) mass is 534 g/mol. The Bertz CT molecular complexity index is 1480. The molecule has 1 amide bonds. The van der Waals surface area contributed by atoms with Gasteiger partial charge in [0.05, 0.1) is 11.7 Å². The number of carbonyl (C=O) groups excluding carboxylic acids is 1. The number of amides is 1. The molecule has 0 aliphatic heterocycles. The van der Waals surface area contributed by atoms with E-state index in [9.17, 15) is 18.0 Å². The third-order valence-corrected chi connectivity index (χ3v) is 6.65. The van der Waals surface area contributed by atoms with Gasteiger partial charge in [0.25, 0.3) is 5.91 Å². The summed E-state index contributed by atoms with van der Waals surface area (Å²) < 4.78 is 41.7. The first-order valence-electron chi connectivity index (χ1n) is 12.7. The number of hydrogen-bond donors (Lipinski definition) is 4. The molecule has 7 nitrogen and oxygen atoms in total. The van der Waals surface area contributed by atoms with E-state index in [1.807, 2.05) is 36.4 Å². The van der Waals surface area contributed by atoms with Crippen LogP contribution in [0.15, 0.2) is 78.9 Å². The fourth-order valence-corrected chi connectivity index (χ4v) is 4.46. The van der Waals surface area contributed by atoms with Crippen molar-refractivity contribution in [2.45, 2.75) is 31.6 Å². The maximum absolute atomic E-state index is 13.6. The molecule has 6 N–H and O–H groups in total. The highest BCUT2D eigenvalue weighted by Gasteiger charge is 2.36. The first-order valence-corrected chi connectivity index (χ1v) is 12.7. The molecule has 1 aliphatic rings. The molecule has 202 valence electrons. The van der Waals surface area contributed by atoms with E-state index >= 15 is 0 Å². The smallest absolute Gasteiger partial charge is 0.399 e. The molecule has 0 saturated heterocycles.